The van der Waals surface area contributed by atoms with E-state index >= 15 is 0 Å². The first-order valence-electron chi connectivity index (χ1n) is 7.38. The van der Waals surface area contributed by atoms with Crippen molar-refractivity contribution < 1.29 is 0 Å². The third kappa shape index (κ3) is 2.43. The molecule has 0 bridgehead atoms. The smallest absolute Gasteiger partial charge is 0.267 e. The maximum atomic E-state index is 12.8. The Labute approximate surface area is 138 Å². The summed E-state index contributed by atoms with van der Waals surface area (Å²) in [7, 11) is 1.50. The van der Waals surface area contributed by atoms with Gasteiger partial charge in [0.25, 0.3) is 11.1 Å². The number of nitrogens with zero attached hydrogens (tertiary/aromatic N) is 10. The Balaban J connectivity index is 1.87. The monoisotopic (exact) mass is 340 g/mol. The average Bonchev–Trinajstić information content (AvgIpc) is 3.11. The first kappa shape index (κ1) is 15.0. The molecule has 0 N–H and O–H groups in total. The third-order valence-electron chi connectivity index (χ3n) is 3.87. The summed E-state index contributed by atoms with van der Waals surface area (Å²) in [6.07, 6.45) is 1.45. The average molecular weight is 340 g/mol. The Kier molecular flexibility index (Phi) is 3.30. The van der Waals surface area contributed by atoms with E-state index in [1.807, 2.05) is 0 Å². The van der Waals surface area contributed by atoms with E-state index in [2.05, 4.69) is 36.1 Å². The normalized spacial score (nSPS) is 12.7. The van der Waals surface area contributed by atoms with Gasteiger partial charge < -0.3 is 0 Å². The van der Waals surface area contributed by atoms with Crippen LogP contribution in [0, 0.1) is 0 Å². The van der Waals surface area contributed by atoms with E-state index in [0.717, 1.165) is 4.68 Å². The van der Waals surface area contributed by atoms with Crippen molar-refractivity contribution in [3.8, 4) is 0 Å². The van der Waals surface area contributed by atoms with Gasteiger partial charge in [0.05, 0.1) is 23.4 Å². The van der Waals surface area contributed by atoms with E-state index < -0.39 is 0 Å². The number of tetrazole rings is 1. The minimum atomic E-state index is -0.338. The molecule has 0 aliphatic carbocycles. The van der Waals surface area contributed by atoms with E-state index in [4.69, 9.17) is 0 Å². The molecule has 12 nitrogen and oxygen atoms in total. The molecule has 25 heavy (non-hydrogen) atoms. The van der Waals surface area contributed by atoms with E-state index in [0.29, 0.717) is 28.4 Å². The van der Waals surface area contributed by atoms with Gasteiger partial charge in [-0.1, -0.05) is 10.4 Å². The fourth-order valence-corrected chi connectivity index (χ4v) is 2.58. The lowest BCUT2D eigenvalue weighted by molar-refractivity contribution is 0.375. The summed E-state index contributed by atoms with van der Waals surface area (Å²) in [6, 6.07) is 2.70. The van der Waals surface area contributed by atoms with Crippen LogP contribution in [0.2, 0.25) is 0 Å². The Bertz CT molecular complexity index is 1190. The number of hydrogen-bond acceptors (Lipinski definition) is 9. The number of rotatable bonds is 3. The van der Waals surface area contributed by atoms with Crippen molar-refractivity contribution in [1.29, 1.82) is 0 Å². The van der Waals surface area contributed by atoms with Crippen LogP contribution in [0.3, 0.4) is 0 Å². The van der Waals surface area contributed by atoms with Gasteiger partial charge in [0.15, 0.2) is 0 Å². The largest absolute Gasteiger partial charge is 0.277 e. The van der Waals surface area contributed by atoms with Crippen molar-refractivity contribution in [2.75, 3.05) is 0 Å². The maximum Gasteiger partial charge on any atom is 0.277 e. The number of benzene rings is 1. The number of fused-ring (bicyclic) bond motifs is 2. The van der Waals surface area contributed by atoms with Crippen LogP contribution in [0.1, 0.15) is 13.0 Å². The predicted molar refractivity (Wildman–Crippen MR) is 84.7 cm³/mol. The summed E-state index contributed by atoms with van der Waals surface area (Å²) in [5.41, 5.74) is 0.00809. The van der Waals surface area contributed by atoms with Crippen LogP contribution in [0.15, 0.2) is 28.0 Å². The molecular formula is C13H12N10O2. The molecule has 4 aromatic rings. The number of hydrogen-bond donors (Lipinski definition) is 0. The van der Waals surface area contributed by atoms with Crippen LogP contribution in [-0.2, 0) is 13.6 Å². The van der Waals surface area contributed by atoms with Crippen LogP contribution < -0.4 is 11.1 Å². The van der Waals surface area contributed by atoms with Gasteiger partial charge in [-0.15, -0.1) is 15.3 Å². The molecule has 0 spiro atoms. The zero-order valence-corrected chi connectivity index (χ0v) is 13.3. The fraction of sp³-hybridized carbons (Fsp3) is 0.308. The minimum absolute atomic E-state index is 0.314. The van der Waals surface area contributed by atoms with Gasteiger partial charge in [-0.3, -0.25) is 9.59 Å². The molecule has 0 fully saturated rings. The van der Waals surface area contributed by atoms with Gasteiger partial charge in [0, 0.05) is 7.05 Å². The standard InChI is InChI=1S/C13H12N10O2/c1-7(5-22-6-14-17-20-22)23-13(25)9-4-10-8(3-11(9)16-19-23)12(24)21(2)18-15-10/h3-4,6-7H,5H2,1-2H3/t7-/m1/s1. The molecule has 0 amide bonds. The first-order chi connectivity index (χ1) is 12.0. The van der Waals surface area contributed by atoms with Gasteiger partial charge in [0.2, 0.25) is 0 Å². The summed E-state index contributed by atoms with van der Waals surface area (Å²) in [5.74, 6) is 0. The van der Waals surface area contributed by atoms with E-state index in [1.165, 1.54) is 34.9 Å². The van der Waals surface area contributed by atoms with Gasteiger partial charge in [0.1, 0.15) is 17.4 Å². The molecule has 3 heterocycles. The molecule has 1 atom stereocenters. The Hall–Kier alpha value is -3.57. The molecule has 0 saturated carbocycles. The van der Waals surface area contributed by atoms with Crippen molar-refractivity contribution in [1.82, 2.24) is 50.2 Å². The molecule has 4 rings (SSSR count). The van der Waals surface area contributed by atoms with Crippen LogP contribution in [-0.4, -0.2) is 50.2 Å². The highest BCUT2D eigenvalue weighted by Gasteiger charge is 2.15. The molecule has 3 aromatic heterocycles. The molecule has 0 radical (unpaired) electrons. The summed E-state index contributed by atoms with van der Waals surface area (Å²) in [4.78, 5) is 24.9. The van der Waals surface area contributed by atoms with Crippen LogP contribution >= 0.6 is 0 Å². The summed E-state index contributed by atoms with van der Waals surface area (Å²) < 4.78 is 3.87. The van der Waals surface area contributed by atoms with Crippen LogP contribution in [0.5, 0.6) is 0 Å². The molecule has 1 aromatic carbocycles. The highest BCUT2D eigenvalue weighted by Crippen LogP contribution is 2.14. The van der Waals surface area contributed by atoms with Crippen molar-refractivity contribution in [2.45, 2.75) is 19.5 Å². The van der Waals surface area contributed by atoms with Gasteiger partial charge >= 0.3 is 0 Å². The van der Waals surface area contributed by atoms with Gasteiger partial charge in [-0.2, -0.15) is 0 Å². The summed E-state index contributed by atoms with van der Waals surface area (Å²) in [6.45, 7) is 2.17. The molecular weight excluding hydrogens is 328 g/mol. The van der Waals surface area contributed by atoms with Crippen molar-refractivity contribution >= 4 is 21.8 Å². The minimum Gasteiger partial charge on any atom is -0.267 e. The Morgan fingerprint density at radius 2 is 1.68 bits per heavy atom. The predicted octanol–water partition coefficient (Wildman–Crippen LogP) is -1.32. The highest BCUT2D eigenvalue weighted by molar-refractivity contribution is 5.93. The molecule has 12 heteroatoms. The van der Waals surface area contributed by atoms with Gasteiger partial charge in [-0.05, 0) is 29.5 Å². The fourth-order valence-electron chi connectivity index (χ4n) is 2.58. The van der Waals surface area contributed by atoms with Crippen LogP contribution in [0.4, 0.5) is 0 Å². The zero-order chi connectivity index (χ0) is 17.6. The van der Waals surface area contributed by atoms with E-state index in [9.17, 15) is 9.59 Å². The third-order valence-corrected chi connectivity index (χ3v) is 3.87. The lowest BCUT2D eigenvalue weighted by Gasteiger charge is -2.12. The summed E-state index contributed by atoms with van der Waals surface area (Å²) in [5, 5.41) is 27.3. The second-order valence-electron chi connectivity index (χ2n) is 5.62. The van der Waals surface area contributed by atoms with E-state index in [-0.39, 0.29) is 17.2 Å². The van der Waals surface area contributed by atoms with E-state index in [1.54, 1.807) is 6.92 Å². The number of aromatic nitrogens is 10. The lowest BCUT2D eigenvalue weighted by atomic mass is 10.2. The van der Waals surface area contributed by atoms with Crippen molar-refractivity contribution in [2.24, 2.45) is 7.05 Å². The van der Waals surface area contributed by atoms with Gasteiger partial charge in [-0.25, -0.2) is 14.0 Å². The van der Waals surface area contributed by atoms with Crippen molar-refractivity contribution in [3.05, 3.63) is 39.2 Å². The molecule has 126 valence electrons. The van der Waals surface area contributed by atoms with Crippen molar-refractivity contribution in [3.63, 3.8) is 0 Å². The number of aryl methyl sites for hydroxylation is 1. The summed E-state index contributed by atoms with van der Waals surface area (Å²) >= 11 is 0. The molecule has 0 saturated heterocycles. The molecule has 0 unspecified atom stereocenters. The quantitative estimate of drug-likeness (QED) is 0.415. The second kappa shape index (κ2) is 5.51. The van der Waals surface area contributed by atoms with Crippen LogP contribution in [0.25, 0.3) is 21.8 Å². The highest BCUT2D eigenvalue weighted by atomic mass is 16.1. The molecule has 0 aliphatic rings. The lowest BCUT2D eigenvalue weighted by Crippen LogP contribution is -2.30. The first-order valence-corrected chi connectivity index (χ1v) is 7.38. The molecule has 0 aliphatic heterocycles. The second-order valence-corrected chi connectivity index (χ2v) is 5.62. The Morgan fingerprint density at radius 1 is 1.00 bits per heavy atom. The Morgan fingerprint density at radius 3 is 2.36 bits per heavy atom. The topological polar surface area (TPSA) is 139 Å². The maximum absolute atomic E-state index is 12.8. The zero-order valence-electron chi connectivity index (χ0n) is 13.3. The SMILES string of the molecule is C[C@H](Cn1cnnn1)n1nnc2cc3c(=O)n(C)nnc3cc2c1=O.